The standard InChI is InChI=1S/C11H17F3N4O/c1-8(6-18-5-3-4-16-18)17-9(2)10(19)15-7-11(12,13)14/h3-5,8-9,17H,6-7H2,1-2H3,(H,15,19)/t8-,9+/m1/s1. The maximum absolute atomic E-state index is 11.9. The van der Waals surface area contributed by atoms with Gasteiger partial charge in [0.25, 0.3) is 0 Å². The zero-order valence-corrected chi connectivity index (χ0v) is 10.7. The van der Waals surface area contributed by atoms with E-state index in [0.717, 1.165) is 0 Å². The van der Waals surface area contributed by atoms with Gasteiger partial charge in [0.2, 0.25) is 5.91 Å². The average Bonchev–Trinajstić information content (AvgIpc) is 2.77. The van der Waals surface area contributed by atoms with Gasteiger partial charge in [0.05, 0.1) is 12.6 Å². The molecule has 5 nitrogen and oxygen atoms in total. The Morgan fingerprint density at radius 1 is 1.42 bits per heavy atom. The second kappa shape index (κ2) is 6.55. The molecule has 19 heavy (non-hydrogen) atoms. The van der Waals surface area contributed by atoms with E-state index >= 15 is 0 Å². The van der Waals surface area contributed by atoms with E-state index in [1.807, 2.05) is 12.2 Å². The van der Waals surface area contributed by atoms with Crippen LogP contribution in [0.5, 0.6) is 0 Å². The lowest BCUT2D eigenvalue weighted by Crippen LogP contribution is -2.48. The van der Waals surface area contributed by atoms with Gasteiger partial charge in [0.1, 0.15) is 6.54 Å². The summed E-state index contributed by atoms with van der Waals surface area (Å²) in [5, 5.41) is 8.76. The molecule has 1 aromatic heterocycles. The number of hydrogen-bond acceptors (Lipinski definition) is 3. The summed E-state index contributed by atoms with van der Waals surface area (Å²) in [6, 6.07) is 0.978. The van der Waals surface area contributed by atoms with E-state index in [-0.39, 0.29) is 6.04 Å². The maximum Gasteiger partial charge on any atom is 0.405 e. The molecule has 0 fully saturated rings. The van der Waals surface area contributed by atoms with Gasteiger partial charge in [-0.05, 0) is 19.9 Å². The molecule has 0 saturated heterocycles. The number of nitrogens with zero attached hydrogens (tertiary/aromatic N) is 2. The van der Waals surface area contributed by atoms with Crippen LogP contribution in [-0.2, 0) is 11.3 Å². The van der Waals surface area contributed by atoms with Crippen molar-refractivity contribution in [3.05, 3.63) is 18.5 Å². The van der Waals surface area contributed by atoms with Crippen LogP contribution in [0.2, 0.25) is 0 Å². The van der Waals surface area contributed by atoms with Crippen LogP contribution in [0.15, 0.2) is 18.5 Å². The zero-order chi connectivity index (χ0) is 14.5. The van der Waals surface area contributed by atoms with E-state index in [0.29, 0.717) is 6.54 Å². The highest BCUT2D eigenvalue weighted by Gasteiger charge is 2.28. The average molecular weight is 278 g/mol. The number of halogens is 3. The first-order valence-electron chi connectivity index (χ1n) is 5.86. The summed E-state index contributed by atoms with van der Waals surface area (Å²) >= 11 is 0. The minimum Gasteiger partial charge on any atom is -0.346 e. The third kappa shape index (κ3) is 6.23. The van der Waals surface area contributed by atoms with Crippen molar-refractivity contribution in [2.45, 2.75) is 38.7 Å². The molecule has 2 atom stereocenters. The molecule has 1 aromatic rings. The van der Waals surface area contributed by atoms with E-state index in [9.17, 15) is 18.0 Å². The molecule has 0 aliphatic rings. The van der Waals surface area contributed by atoms with Crippen molar-refractivity contribution in [3.63, 3.8) is 0 Å². The minimum atomic E-state index is -4.39. The smallest absolute Gasteiger partial charge is 0.346 e. The molecule has 0 unspecified atom stereocenters. The number of aromatic nitrogens is 2. The summed E-state index contributed by atoms with van der Waals surface area (Å²) in [7, 11) is 0. The van der Waals surface area contributed by atoms with Crippen molar-refractivity contribution in [3.8, 4) is 0 Å². The predicted molar refractivity (Wildman–Crippen MR) is 63.4 cm³/mol. The second-order valence-electron chi connectivity index (χ2n) is 4.35. The third-order valence-electron chi connectivity index (χ3n) is 2.41. The van der Waals surface area contributed by atoms with Crippen LogP contribution in [0.25, 0.3) is 0 Å². The Balaban J connectivity index is 2.33. The normalized spacial score (nSPS) is 15.0. The number of rotatable bonds is 6. The van der Waals surface area contributed by atoms with Crippen molar-refractivity contribution in [2.24, 2.45) is 0 Å². The molecule has 0 saturated carbocycles. The monoisotopic (exact) mass is 278 g/mol. The SMILES string of the molecule is C[C@H](Cn1cccn1)N[C@@H](C)C(=O)NCC(F)(F)F. The van der Waals surface area contributed by atoms with Crippen molar-refractivity contribution in [1.29, 1.82) is 0 Å². The van der Waals surface area contributed by atoms with Gasteiger partial charge >= 0.3 is 6.18 Å². The fourth-order valence-corrected chi connectivity index (χ4v) is 1.58. The van der Waals surface area contributed by atoms with Gasteiger partial charge in [0.15, 0.2) is 0 Å². The molecule has 0 aliphatic carbocycles. The topological polar surface area (TPSA) is 59.0 Å². The summed E-state index contributed by atoms with van der Waals surface area (Å²) in [5.41, 5.74) is 0. The third-order valence-corrected chi connectivity index (χ3v) is 2.41. The van der Waals surface area contributed by atoms with E-state index in [4.69, 9.17) is 0 Å². The van der Waals surface area contributed by atoms with E-state index < -0.39 is 24.7 Å². The van der Waals surface area contributed by atoms with Crippen LogP contribution in [0, 0.1) is 0 Å². The highest BCUT2D eigenvalue weighted by Crippen LogP contribution is 2.12. The van der Waals surface area contributed by atoms with Crippen LogP contribution in [-0.4, -0.2) is 40.5 Å². The molecular formula is C11H17F3N4O. The van der Waals surface area contributed by atoms with Crippen molar-refractivity contribution >= 4 is 5.91 Å². The van der Waals surface area contributed by atoms with Gasteiger partial charge < -0.3 is 10.6 Å². The quantitative estimate of drug-likeness (QED) is 0.814. The Bertz CT molecular complexity index is 391. The summed E-state index contributed by atoms with van der Waals surface area (Å²) in [6.07, 6.45) is -0.991. The lowest BCUT2D eigenvalue weighted by molar-refractivity contribution is -0.139. The number of amides is 1. The van der Waals surface area contributed by atoms with E-state index in [2.05, 4.69) is 10.4 Å². The number of nitrogens with one attached hydrogen (secondary N) is 2. The van der Waals surface area contributed by atoms with Gasteiger partial charge in [-0.1, -0.05) is 0 Å². The molecule has 0 aromatic carbocycles. The van der Waals surface area contributed by atoms with E-state index in [1.165, 1.54) is 6.92 Å². The van der Waals surface area contributed by atoms with Gasteiger partial charge in [0, 0.05) is 18.4 Å². The number of carbonyl (C=O) groups is 1. The van der Waals surface area contributed by atoms with Crippen molar-refractivity contribution < 1.29 is 18.0 Å². The molecule has 1 amide bonds. The van der Waals surface area contributed by atoms with Gasteiger partial charge in [-0.2, -0.15) is 18.3 Å². The number of alkyl halides is 3. The molecule has 0 spiro atoms. The fourth-order valence-electron chi connectivity index (χ4n) is 1.58. The molecule has 1 rings (SSSR count). The van der Waals surface area contributed by atoms with Crippen molar-refractivity contribution in [1.82, 2.24) is 20.4 Å². The molecule has 0 radical (unpaired) electrons. The van der Waals surface area contributed by atoms with Crippen LogP contribution < -0.4 is 10.6 Å². The fraction of sp³-hybridized carbons (Fsp3) is 0.636. The molecule has 2 N–H and O–H groups in total. The Labute approximate surface area is 109 Å². The Hall–Kier alpha value is -1.57. The van der Waals surface area contributed by atoms with Crippen molar-refractivity contribution in [2.75, 3.05) is 6.54 Å². The summed E-state index contributed by atoms with van der Waals surface area (Å²) in [6.45, 7) is 2.57. The Kier molecular flexibility index (Phi) is 5.34. The summed E-state index contributed by atoms with van der Waals surface area (Å²) in [5.74, 6) is -0.676. The Morgan fingerprint density at radius 3 is 2.63 bits per heavy atom. The first kappa shape index (κ1) is 15.5. The predicted octanol–water partition coefficient (Wildman–Crippen LogP) is 0.928. The van der Waals surface area contributed by atoms with Crippen LogP contribution in [0.1, 0.15) is 13.8 Å². The Morgan fingerprint density at radius 2 is 2.11 bits per heavy atom. The summed E-state index contributed by atoms with van der Waals surface area (Å²) in [4.78, 5) is 11.4. The van der Waals surface area contributed by atoms with E-state index in [1.54, 1.807) is 23.1 Å². The lowest BCUT2D eigenvalue weighted by Gasteiger charge is -2.20. The first-order chi connectivity index (χ1) is 8.78. The first-order valence-corrected chi connectivity index (χ1v) is 5.86. The molecular weight excluding hydrogens is 261 g/mol. The molecule has 1 heterocycles. The van der Waals surface area contributed by atoms with Gasteiger partial charge in [-0.25, -0.2) is 0 Å². The second-order valence-corrected chi connectivity index (χ2v) is 4.35. The lowest BCUT2D eigenvalue weighted by atomic mass is 10.2. The highest BCUT2D eigenvalue weighted by atomic mass is 19.4. The minimum absolute atomic E-state index is 0.0912. The number of hydrogen-bond donors (Lipinski definition) is 2. The largest absolute Gasteiger partial charge is 0.405 e. The molecule has 108 valence electrons. The maximum atomic E-state index is 11.9. The van der Waals surface area contributed by atoms with Gasteiger partial charge in [-0.3, -0.25) is 9.48 Å². The molecule has 8 heteroatoms. The molecule has 0 bridgehead atoms. The number of carbonyl (C=O) groups excluding carboxylic acids is 1. The van der Waals surface area contributed by atoms with Crippen LogP contribution in [0.4, 0.5) is 13.2 Å². The van der Waals surface area contributed by atoms with Crippen LogP contribution in [0.3, 0.4) is 0 Å². The summed E-state index contributed by atoms with van der Waals surface area (Å²) < 4.78 is 37.5. The highest BCUT2D eigenvalue weighted by molar-refractivity contribution is 5.81. The zero-order valence-electron chi connectivity index (χ0n) is 10.7. The van der Waals surface area contributed by atoms with Crippen LogP contribution >= 0.6 is 0 Å². The molecule has 0 aliphatic heterocycles. The van der Waals surface area contributed by atoms with Gasteiger partial charge in [-0.15, -0.1) is 0 Å².